The minimum absolute atomic E-state index is 0.127. The number of aryl methyl sites for hydroxylation is 1. The molecular formula is C22H25FN2O2. The van der Waals surface area contributed by atoms with Crippen LogP contribution < -0.4 is 5.32 Å². The van der Waals surface area contributed by atoms with E-state index >= 15 is 0 Å². The molecule has 2 aliphatic carbocycles. The van der Waals surface area contributed by atoms with Gasteiger partial charge in [0, 0.05) is 29.6 Å². The third-order valence-electron chi connectivity index (χ3n) is 6.27. The molecule has 0 aliphatic heterocycles. The third kappa shape index (κ3) is 3.20. The number of carbonyl (C=O) groups excluding carboxylic acids is 2. The molecule has 0 radical (unpaired) electrons. The Morgan fingerprint density at radius 1 is 1.15 bits per heavy atom. The fraction of sp³-hybridized carbons (Fsp3) is 0.455. The first-order valence-corrected chi connectivity index (χ1v) is 9.79. The van der Waals surface area contributed by atoms with Crippen LogP contribution in [0.5, 0.6) is 0 Å². The van der Waals surface area contributed by atoms with Crippen molar-refractivity contribution >= 4 is 11.7 Å². The number of rotatable bonds is 4. The number of Topliss-reactive ketones (excluding diaryl/α,β-unsaturated/α-hetero) is 1. The highest BCUT2D eigenvalue weighted by atomic mass is 19.1. The van der Waals surface area contributed by atoms with Crippen LogP contribution in [-0.4, -0.2) is 23.2 Å². The van der Waals surface area contributed by atoms with Gasteiger partial charge in [0.2, 0.25) is 0 Å². The highest BCUT2D eigenvalue weighted by Gasteiger charge is 2.36. The van der Waals surface area contributed by atoms with E-state index in [1.807, 2.05) is 19.1 Å². The van der Waals surface area contributed by atoms with E-state index in [4.69, 9.17) is 0 Å². The number of aromatic amines is 1. The highest BCUT2D eigenvalue weighted by Crippen LogP contribution is 2.40. The Kier molecular flexibility index (Phi) is 4.62. The monoisotopic (exact) mass is 368 g/mol. The Bertz CT molecular complexity index is 876. The summed E-state index contributed by atoms with van der Waals surface area (Å²) in [4.78, 5) is 28.2. The van der Waals surface area contributed by atoms with Crippen LogP contribution in [0.1, 0.15) is 76.2 Å². The lowest BCUT2D eigenvalue weighted by atomic mass is 9.78. The molecule has 1 aromatic heterocycles. The van der Waals surface area contributed by atoms with E-state index in [0.717, 1.165) is 55.3 Å². The van der Waals surface area contributed by atoms with E-state index in [9.17, 15) is 14.0 Å². The molecule has 0 spiro atoms. The number of carbonyl (C=O) groups is 2. The Morgan fingerprint density at radius 3 is 2.52 bits per heavy atom. The second kappa shape index (κ2) is 6.95. The summed E-state index contributed by atoms with van der Waals surface area (Å²) in [7, 11) is 0. The maximum Gasteiger partial charge on any atom is 0.268 e. The van der Waals surface area contributed by atoms with E-state index in [1.165, 1.54) is 12.1 Å². The molecule has 2 aromatic rings. The molecule has 27 heavy (non-hydrogen) atoms. The molecule has 4 nitrogen and oxygen atoms in total. The van der Waals surface area contributed by atoms with Crippen molar-refractivity contribution in [3.63, 3.8) is 0 Å². The molecule has 1 fully saturated rings. The number of hydrogen-bond acceptors (Lipinski definition) is 2. The summed E-state index contributed by atoms with van der Waals surface area (Å²) in [6.45, 7) is 2.37. The van der Waals surface area contributed by atoms with Gasteiger partial charge in [-0.2, -0.15) is 0 Å². The highest BCUT2D eigenvalue weighted by molar-refractivity contribution is 6.04. The normalized spacial score (nSPS) is 18.4. The van der Waals surface area contributed by atoms with Gasteiger partial charge in [0.25, 0.3) is 5.91 Å². The van der Waals surface area contributed by atoms with Crippen molar-refractivity contribution in [3.05, 3.63) is 58.2 Å². The summed E-state index contributed by atoms with van der Waals surface area (Å²) in [5.41, 5.74) is 3.80. The molecule has 0 unspecified atom stereocenters. The van der Waals surface area contributed by atoms with Crippen LogP contribution in [0, 0.1) is 12.7 Å². The molecule has 142 valence electrons. The van der Waals surface area contributed by atoms with Crippen molar-refractivity contribution in [1.82, 2.24) is 10.3 Å². The molecule has 1 saturated carbocycles. The number of nitrogens with one attached hydrogen (secondary N) is 2. The van der Waals surface area contributed by atoms with Gasteiger partial charge in [0.05, 0.1) is 0 Å². The Morgan fingerprint density at radius 2 is 1.85 bits per heavy atom. The van der Waals surface area contributed by atoms with Crippen molar-refractivity contribution in [3.8, 4) is 0 Å². The lowest BCUT2D eigenvalue weighted by molar-refractivity contribution is 0.0937. The van der Waals surface area contributed by atoms with Crippen LogP contribution in [-0.2, 0) is 11.8 Å². The number of hydrogen-bond donors (Lipinski definition) is 2. The number of benzene rings is 1. The van der Waals surface area contributed by atoms with Gasteiger partial charge in [-0.15, -0.1) is 0 Å². The predicted molar refractivity (Wildman–Crippen MR) is 102 cm³/mol. The average molecular weight is 368 g/mol. The Labute approximate surface area is 158 Å². The molecule has 5 heteroatoms. The number of aromatic nitrogens is 1. The lowest BCUT2D eigenvalue weighted by Crippen LogP contribution is -2.39. The summed E-state index contributed by atoms with van der Waals surface area (Å²) >= 11 is 0. The second-order valence-electron chi connectivity index (χ2n) is 7.93. The Balaban J connectivity index is 1.54. The van der Waals surface area contributed by atoms with Crippen LogP contribution in [0.15, 0.2) is 24.3 Å². The lowest BCUT2D eigenvalue weighted by Gasteiger charge is -2.30. The zero-order chi connectivity index (χ0) is 19.0. The van der Waals surface area contributed by atoms with Crippen LogP contribution >= 0.6 is 0 Å². The van der Waals surface area contributed by atoms with Gasteiger partial charge in [-0.3, -0.25) is 9.59 Å². The Hall–Kier alpha value is -2.43. The molecule has 2 aliphatic rings. The van der Waals surface area contributed by atoms with E-state index in [1.54, 1.807) is 0 Å². The summed E-state index contributed by atoms with van der Waals surface area (Å²) in [6.07, 6.45) is 6.39. The van der Waals surface area contributed by atoms with Crippen molar-refractivity contribution in [2.75, 3.05) is 6.54 Å². The van der Waals surface area contributed by atoms with Gasteiger partial charge in [0.15, 0.2) is 5.78 Å². The number of amides is 1. The van der Waals surface area contributed by atoms with Gasteiger partial charge in [-0.1, -0.05) is 25.0 Å². The van der Waals surface area contributed by atoms with E-state index in [2.05, 4.69) is 10.3 Å². The zero-order valence-corrected chi connectivity index (χ0v) is 15.7. The summed E-state index contributed by atoms with van der Waals surface area (Å²) in [6, 6.07) is 6.66. The van der Waals surface area contributed by atoms with Crippen LogP contribution in [0.4, 0.5) is 4.39 Å². The van der Waals surface area contributed by atoms with Crippen molar-refractivity contribution < 1.29 is 14.0 Å². The standard InChI is InChI=1S/C22H25FN2O2/c1-14-19-17(5-4-6-18(19)26)25-20(14)21(27)24-13-22(11-2-3-12-22)15-7-9-16(23)10-8-15/h7-10,25H,2-6,11-13H2,1H3,(H,24,27). The smallest absolute Gasteiger partial charge is 0.268 e. The molecule has 0 bridgehead atoms. The predicted octanol–water partition coefficient (Wildman–Crippen LogP) is 4.22. The molecule has 4 rings (SSSR count). The number of halogens is 1. The number of fused-ring (bicyclic) bond motifs is 1. The molecule has 1 aromatic carbocycles. The summed E-state index contributed by atoms with van der Waals surface area (Å²) in [5, 5.41) is 3.08. The SMILES string of the molecule is Cc1c(C(=O)NCC2(c3ccc(F)cc3)CCCC2)[nH]c2c1C(=O)CCC2. The molecule has 0 atom stereocenters. The van der Waals surface area contributed by atoms with Gasteiger partial charge in [0.1, 0.15) is 11.5 Å². The number of ketones is 1. The first kappa shape index (κ1) is 18.0. The summed E-state index contributed by atoms with van der Waals surface area (Å²) in [5.74, 6) is -0.279. The first-order chi connectivity index (χ1) is 13.0. The van der Waals surface area contributed by atoms with Crippen molar-refractivity contribution in [2.24, 2.45) is 0 Å². The minimum Gasteiger partial charge on any atom is -0.354 e. The first-order valence-electron chi connectivity index (χ1n) is 9.79. The summed E-state index contributed by atoms with van der Waals surface area (Å²) < 4.78 is 13.3. The maximum absolute atomic E-state index is 13.3. The zero-order valence-electron chi connectivity index (χ0n) is 15.7. The van der Waals surface area contributed by atoms with Crippen LogP contribution in [0.3, 0.4) is 0 Å². The fourth-order valence-corrected chi connectivity index (χ4v) is 4.76. The maximum atomic E-state index is 13.3. The topological polar surface area (TPSA) is 62.0 Å². The van der Waals surface area contributed by atoms with Crippen LogP contribution in [0.25, 0.3) is 0 Å². The number of H-pyrrole nitrogens is 1. The molecule has 1 heterocycles. The van der Waals surface area contributed by atoms with Crippen LogP contribution in [0.2, 0.25) is 0 Å². The van der Waals surface area contributed by atoms with Crippen molar-refractivity contribution in [2.45, 2.75) is 57.3 Å². The minimum atomic E-state index is -0.242. The van der Waals surface area contributed by atoms with Gasteiger partial charge in [-0.25, -0.2) is 4.39 Å². The fourth-order valence-electron chi connectivity index (χ4n) is 4.76. The molecule has 0 saturated heterocycles. The second-order valence-corrected chi connectivity index (χ2v) is 7.93. The molecule has 2 N–H and O–H groups in total. The van der Waals surface area contributed by atoms with E-state index in [0.29, 0.717) is 24.2 Å². The molecule has 1 amide bonds. The van der Waals surface area contributed by atoms with E-state index < -0.39 is 0 Å². The largest absolute Gasteiger partial charge is 0.354 e. The van der Waals surface area contributed by atoms with Gasteiger partial charge >= 0.3 is 0 Å². The third-order valence-corrected chi connectivity index (χ3v) is 6.27. The average Bonchev–Trinajstić information content (AvgIpc) is 3.27. The van der Waals surface area contributed by atoms with E-state index in [-0.39, 0.29) is 22.9 Å². The van der Waals surface area contributed by atoms with Gasteiger partial charge < -0.3 is 10.3 Å². The van der Waals surface area contributed by atoms with Gasteiger partial charge in [-0.05, 0) is 55.9 Å². The van der Waals surface area contributed by atoms with Crippen molar-refractivity contribution in [1.29, 1.82) is 0 Å². The quantitative estimate of drug-likeness (QED) is 0.849. The molecular weight excluding hydrogens is 343 g/mol.